The van der Waals surface area contributed by atoms with Crippen molar-refractivity contribution in [1.82, 2.24) is 30.1 Å². The molecule has 2 aliphatic rings. The second-order valence-corrected chi connectivity index (χ2v) is 10.5. The predicted molar refractivity (Wildman–Crippen MR) is 150 cm³/mol. The molecule has 11 heteroatoms. The summed E-state index contributed by atoms with van der Waals surface area (Å²) in [7, 11) is 3.87. The van der Waals surface area contributed by atoms with Gasteiger partial charge >= 0.3 is 12.1 Å². The molecular weight excluding hydrogens is 496 g/mol. The molecule has 3 aromatic rings. The van der Waals surface area contributed by atoms with Gasteiger partial charge in [0.15, 0.2) is 0 Å². The maximum absolute atomic E-state index is 13.1. The molecule has 0 saturated carbocycles. The van der Waals surface area contributed by atoms with E-state index in [1.807, 2.05) is 30.0 Å². The zero-order chi connectivity index (χ0) is 27.4. The second-order valence-electron chi connectivity index (χ2n) is 10.5. The normalized spacial score (nSPS) is 18.5. The van der Waals surface area contributed by atoms with Gasteiger partial charge in [-0.05, 0) is 70.3 Å². The number of nitrogens with one attached hydrogen (secondary N) is 2. The van der Waals surface area contributed by atoms with E-state index in [1.54, 1.807) is 30.4 Å². The zero-order valence-electron chi connectivity index (χ0n) is 22.8. The third-order valence-corrected chi connectivity index (χ3v) is 7.51. The number of likely N-dealkylation sites (tertiary alicyclic amines) is 1. The van der Waals surface area contributed by atoms with Crippen molar-refractivity contribution in [1.29, 1.82) is 0 Å². The maximum Gasteiger partial charge on any atom is 0.414 e. The van der Waals surface area contributed by atoms with Crippen molar-refractivity contribution in [3.63, 3.8) is 0 Å². The lowest BCUT2D eigenvalue weighted by atomic mass is 10.1. The first-order valence-electron chi connectivity index (χ1n) is 13.5. The number of fused-ring (bicyclic) bond motifs is 1. The van der Waals surface area contributed by atoms with Gasteiger partial charge in [0.25, 0.3) is 0 Å². The molecule has 3 amide bonds. The van der Waals surface area contributed by atoms with Crippen LogP contribution in [0.25, 0.3) is 10.8 Å². The largest absolute Gasteiger partial charge is 0.414 e. The van der Waals surface area contributed by atoms with Crippen LogP contribution in [0.3, 0.4) is 0 Å². The fourth-order valence-electron chi connectivity index (χ4n) is 5.13. The average molecular weight is 533 g/mol. The summed E-state index contributed by atoms with van der Waals surface area (Å²) in [5.41, 5.74) is 1.17. The molecule has 0 bridgehead atoms. The first-order valence-corrected chi connectivity index (χ1v) is 13.5. The Morgan fingerprint density at radius 2 is 1.87 bits per heavy atom. The van der Waals surface area contributed by atoms with Crippen LogP contribution in [0.5, 0.6) is 5.88 Å². The van der Waals surface area contributed by atoms with E-state index >= 15 is 0 Å². The van der Waals surface area contributed by atoms with Crippen molar-refractivity contribution in [2.24, 2.45) is 0 Å². The number of anilines is 2. The number of urea groups is 1. The highest BCUT2D eigenvalue weighted by atomic mass is 16.6. The third kappa shape index (κ3) is 6.72. The van der Waals surface area contributed by atoms with E-state index in [2.05, 4.69) is 43.6 Å². The number of aromatic nitrogens is 3. The van der Waals surface area contributed by atoms with E-state index in [0.29, 0.717) is 18.3 Å². The summed E-state index contributed by atoms with van der Waals surface area (Å²) in [6.45, 7) is 5.26. The first-order chi connectivity index (χ1) is 18.8. The van der Waals surface area contributed by atoms with Crippen molar-refractivity contribution < 1.29 is 14.3 Å². The number of aryl methyl sites for hydroxylation is 1. The van der Waals surface area contributed by atoms with E-state index < -0.39 is 6.09 Å². The van der Waals surface area contributed by atoms with E-state index in [9.17, 15) is 9.59 Å². The van der Waals surface area contributed by atoms with Crippen LogP contribution in [0, 0.1) is 6.92 Å². The lowest BCUT2D eigenvalue weighted by Gasteiger charge is -2.37. The van der Waals surface area contributed by atoms with Gasteiger partial charge in [0, 0.05) is 50.0 Å². The molecule has 2 fully saturated rings. The summed E-state index contributed by atoms with van der Waals surface area (Å²) in [4.78, 5) is 44.8. The quantitative estimate of drug-likeness (QED) is 0.512. The molecule has 11 nitrogen and oxygen atoms in total. The van der Waals surface area contributed by atoms with Crippen molar-refractivity contribution in [3.05, 3.63) is 48.3 Å². The minimum atomic E-state index is -0.500. The van der Waals surface area contributed by atoms with Crippen LogP contribution in [0.1, 0.15) is 31.2 Å². The molecular formula is C28H36N8O3. The van der Waals surface area contributed by atoms with Gasteiger partial charge < -0.3 is 24.8 Å². The van der Waals surface area contributed by atoms with Crippen LogP contribution in [-0.4, -0.2) is 89.2 Å². The predicted octanol–water partition coefficient (Wildman–Crippen LogP) is 3.65. The summed E-state index contributed by atoms with van der Waals surface area (Å²) >= 11 is 0. The Morgan fingerprint density at radius 1 is 1.05 bits per heavy atom. The lowest BCUT2D eigenvalue weighted by molar-refractivity contribution is 0.180. The number of carbonyl (C=O) groups excluding carboxylic acids is 2. The van der Waals surface area contributed by atoms with Gasteiger partial charge in [0.1, 0.15) is 5.82 Å². The number of hydrogen-bond acceptors (Lipinski definition) is 8. The fraction of sp³-hybridized carbons (Fsp3) is 0.464. The molecule has 0 aliphatic carbocycles. The summed E-state index contributed by atoms with van der Waals surface area (Å²) in [5.74, 6) is 1.20. The molecule has 5 rings (SSSR count). The summed E-state index contributed by atoms with van der Waals surface area (Å²) in [5, 5.41) is 7.92. The highest BCUT2D eigenvalue weighted by molar-refractivity contribution is 5.92. The standard InChI is InChI=1S/C28H36N8O3/c1-19-6-7-20-16-24(30-17-21(20)15-19)32-27(37)35(3)23-5-4-12-36(18-23)26-29-11-8-25(33-26)39-28(38)31-22-9-13-34(2)14-10-22/h6-8,11,15-17,22-23H,4-5,9-10,12-14,18H2,1-3H3,(H,31,38)(H,30,32,37)/t23-/m1/s1. The minimum absolute atomic E-state index is 0.0391. The monoisotopic (exact) mass is 532 g/mol. The summed E-state index contributed by atoms with van der Waals surface area (Å²) in [6, 6.07) is 9.45. The Labute approximate surface area is 228 Å². The Hall–Kier alpha value is -3.99. The topological polar surface area (TPSA) is 116 Å². The van der Waals surface area contributed by atoms with Crippen LogP contribution in [0.15, 0.2) is 42.7 Å². The van der Waals surface area contributed by atoms with Crippen molar-refractivity contribution in [3.8, 4) is 5.88 Å². The maximum atomic E-state index is 13.1. The van der Waals surface area contributed by atoms with Gasteiger partial charge in [-0.25, -0.2) is 19.6 Å². The lowest BCUT2D eigenvalue weighted by Crippen LogP contribution is -2.50. The highest BCUT2D eigenvalue weighted by Gasteiger charge is 2.28. The molecule has 2 saturated heterocycles. The Kier molecular flexibility index (Phi) is 8.06. The van der Waals surface area contributed by atoms with Gasteiger partial charge in [0.05, 0.1) is 6.04 Å². The second kappa shape index (κ2) is 11.8. The Bertz CT molecular complexity index is 1330. The SMILES string of the molecule is Cc1ccc2cc(NC(=O)N(C)[C@@H]3CCCN(c4nccc(OC(=O)NC5CCN(C)CC5)n4)C3)ncc2c1. The average Bonchev–Trinajstić information content (AvgIpc) is 2.94. The molecule has 0 unspecified atom stereocenters. The molecule has 2 aromatic heterocycles. The van der Waals surface area contributed by atoms with Crippen LogP contribution >= 0.6 is 0 Å². The van der Waals surface area contributed by atoms with Crippen LogP contribution < -0.4 is 20.3 Å². The number of benzene rings is 1. The number of piperidine rings is 2. The fourth-order valence-corrected chi connectivity index (χ4v) is 5.13. The molecule has 0 spiro atoms. The smallest absolute Gasteiger partial charge is 0.391 e. The van der Waals surface area contributed by atoms with Gasteiger partial charge in [-0.15, -0.1) is 0 Å². The molecule has 2 aliphatic heterocycles. The van der Waals surface area contributed by atoms with E-state index in [-0.39, 0.29) is 24.0 Å². The number of amides is 3. The molecule has 206 valence electrons. The number of carbonyl (C=O) groups is 2. The number of nitrogens with zero attached hydrogens (tertiary/aromatic N) is 6. The van der Waals surface area contributed by atoms with Crippen LogP contribution in [0.2, 0.25) is 0 Å². The number of likely N-dealkylation sites (N-methyl/N-ethyl adjacent to an activating group) is 1. The first kappa shape index (κ1) is 26.6. The molecule has 2 N–H and O–H groups in total. The number of pyridine rings is 1. The van der Waals surface area contributed by atoms with Crippen LogP contribution in [-0.2, 0) is 0 Å². The molecule has 4 heterocycles. The van der Waals surface area contributed by atoms with E-state index in [4.69, 9.17) is 4.74 Å². The van der Waals surface area contributed by atoms with Crippen molar-refractivity contribution >= 4 is 34.7 Å². The third-order valence-electron chi connectivity index (χ3n) is 7.51. The van der Waals surface area contributed by atoms with E-state index in [1.165, 1.54) is 5.56 Å². The van der Waals surface area contributed by atoms with Gasteiger partial charge in [0.2, 0.25) is 11.8 Å². The van der Waals surface area contributed by atoms with Gasteiger partial charge in [-0.1, -0.05) is 17.7 Å². The molecule has 0 radical (unpaired) electrons. The molecule has 1 atom stereocenters. The minimum Gasteiger partial charge on any atom is -0.391 e. The summed E-state index contributed by atoms with van der Waals surface area (Å²) in [6.07, 6.45) is 6.40. The van der Waals surface area contributed by atoms with Crippen molar-refractivity contribution in [2.75, 3.05) is 50.5 Å². The number of rotatable bonds is 5. The Morgan fingerprint density at radius 3 is 2.69 bits per heavy atom. The van der Waals surface area contributed by atoms with Gasteiger partial charge in [-0.2, -0.15) is 4.98 Å². The number of ether oxygens (including phenoxy) is 1. The highest BCUT2D eigenvalue weighted by Crippen LogP contribution is 2.22. The van der Waals surface area contributed by atoms with Gasteiger partial charge in [-0.3, -0.25) is 5.32 Å². The molecule has 1 aromatic carbocycles. The Balaban J connectivity index is 1.17. The zero-order valence-corrected chi connectivity index (χ0v) is 22.8. The summed E-state index contributed by atoms with van der Waals surface area (Å²) < 4.78 is 5.47. The number of hydrogen-bond donors (Lipinski definition) is 2. The van der Waals surface area contributed by atoms with E-state index in [0.717, 1.165) is 56.1 Å². The van der Waals surface area contributed by atoms with Crippen LogP contribution in [0.4, 0.5) is 21.4 Å². The molecule has 39 heavy (non-hydrogen) atoms. The van der Waals surface area contributed by atoms with Crippen molar-refractivity contribution in [2.45, 2.75) is 44.7 Å².